The number of thiocarbonyl (C=S) groups is 1. The second kappa shape index (κ2) is 4.63. The molecule has 2 rings (SSSR count). The fourth-order valence-electron chi connectivity index (χ4n) is 1.70. The summed E-state index contributed by atoms with van der Waals surface area (Å²) in [5.41, 5.74) is 4.84. The van der Waals surface area contributed by atoms with Gasteiger partial charge in [-0.15, -0.1) is 0 Å². The Hall–Kier alpha value is -1.13. The van der Waals surface area contributed by atoms with E-state index in [1.807, 2.05) is 6.08 Å². The van der Waals surface area contributed by atoms with Gasteiger partial charge in [0.15, 0.2) is 0 Å². The molecule has 0 saturated carbocycles. The number of hydrogen-bond donors (Lipinski definition) is 1. The van der Waals surface area contributed by atoms with Crippen LogP contribution < -0.4 is 5.32 Å². The third-order valence-corrected chi connectivity index (χ3v) is 4.09. The van der Waals surface area contributed by atoms with Crippen molar-refractivity contribution in [1.29, 1.82) is 0 Å². The number of carbonyl (C=O) groups excluding carboxylic acids is 1. The summed E-state index contributed by atoms with van der Waals surface area (Å²) in [7, 11) is 0. The summed E-state index contributed by atoms with van der Waals surface area (Å²) in [6, 6.07) is 4.28. The highest BCUT2D eigenvalue weighted by atomic mass is 32.2. The summed E-state index contributed by atoms with van der Waals surface area (Å²) >= 11 is 6.25. The van der Waals surface area contributed by atoms with Crippen LogP contribution in [0.5, 0.6) is 0 Å². The molecule has 1 aliphatic rings. The average molecular weight is 263 g/mol. The monoisotopic (exact) mass is 263 g/mol. The lowest BCUT2D eigenvalue weighted by Crippen LogP contribution is -2.15. The van der Waals surface area contributed by atoms with Gasteiger partial charge < -0.3 is 5.32 Å². The smallest absolute Gasteiger partial charge is 0.289 e. The van der Waals surface area contributed by atoms with Crippen molar-refractivity contribution < 1.29 is 4.79 Å². The van der Waals surface area contributed by atoms with Crippen LogP contribution in [0.25, 0.3) is 6.08 Å². The Morgan fingerprint density at radius 1 is 1.18 bits per heavy atom. The molecule has 0 aliphatic carbocycles. The second-order valence-corrected chi connectivity index (χ2v) is 5.57. The Labute approximate surface area is 110 Å². The van der Waals surface area contributed by atoms with Crippen molar-refractivity contribution >= 4 is 40.3 Å². The van der Waals surface area contributed by atoms with Crippen molar-refractivity contribution in [3.63, 3.8) is 0 Å². The minimum atomic E-state index is -0.0947. The molecule has 4 heteroatoms. The fourth-order valence-corrected chi connectivity index (χ4v) is 2.72. The summed E-state index contributed by atoms with van der Waals surface area (Å²) in [6.45, 7) is 6.25. The Morgan fingerprint density at radius 3 is 2.41 bits per heavy atom. The van der Waals surface area contributed by atoms with Gasteiger partial charge in [0.1, 0.15) is 4.99 Å². The summed E-state index contributed by atoms with van der Waals surface area (Å²) < 4.78 is 0. The predicted molar refractivity (Wildman–Crippen MR) is 77.4 cm³/mol. The zero-order valence-corrected chi connectivity index (χ0v) is 11.6. The van der Waals surface area contributed by atoms with E-state index in [1.54, 1.807) is 0 Å². The molecule has 1 N–H and O–H groups in total. The van der Waals surface area contributed by atoms with E-state index in [4.69, 9.17) is 12.2 Å². The SMILES string of the molecule is Cc1cc(C)c(C=C2SC(=O)NC2=S)cc1C. The molecule has 0 unspecified atom stereocenters. The normalized spacial score (nSPS) is 17.7. The molecule has 1 aliphatic heterocycles. The maximum absolute atomic E-state index is 11.2. The Kier molecular flexibility index (Phi) is 3.35. The molecule has 88 valence electrons. The van der Waals surface area contributed by atoms with Crippen molar-refractivity contribution in [2.75, 3.05) is 0 Å². The highest BCUT2D eigenvalue weighted by Gasteiger charge is 2.21. The third kappa shape index (κ3) is 2.58. The molecule has 1 heterocycles. The molecule has 1 aromatic carbocycles. The van der Waals surface area contributed by atoms with Gasteiger partial charge in [0.2, 0.25) is 0 Å². The molecule has 1 amide bonds. The van der Waals surface area contributed by atoms with Crippen LogP contribution in [0.3, 0.4) is 0 Å². The van der Waals surface area contributed by atoms with E-state index in [9.17, 15) is 4.79 Å². The van der Waals surface area contributed by atoms with Gasteiger partial charge in [-0.3, -0.25) is 4.79 Å². The molecule has 1 aromatic rings. The molecule has 17 heavy (non-hydrogen) atoms. The number of aryl methyl sites for hydroxylation is 3. The van der Waals surface area contributed by atoms with E-state index in [2.05, 4.69) is 38.2 Å². The van der Waals surface area contributed by atoms with Crippen LogP contribution >= 0.6 is 24.0 Å². The van der Waals surface area contributed by atoms with Gasteiger partial charge in [-0.25, -0.2) is 0 Å². The topological polar surface area (TPSA) is 29.1 Å². The van der Waals surface area contributed by atoms with Gasteiger partial charge in [0, 0.05) is 0 Å². The lowest BCUT2D eigenvalue weighted by Gasteiger charge is -2.06. The fraction of sp³-hybridized carbons (Fsp3) is 0.231. The third-order valence-electron chi connectivity index (χ3n) is 2.81. The molecule has 0 aromatic heterocycles. The molecule has 1 saturated heterocycles. The highest BCUT2D eigenvalue weighted by Crippen LogP contribution is 2.28. The Balaban J connectivity index is 2.42. The zero-order valence-electron chi connectivity index (χ0n) is 9.96. The van der Waals surface area contributed by atoms with E-state index in [0.29, 0.717) is 4.99 Å². The van der Waals surface area contributed by atoms with Crippen LogP contribution in [0.15, 0.2) is 17.0 Å². The van der Waals surface area contributed by atoms with Crippen LogP contribution in [0.4, 0.5) is 4.79 Å². The first-order valence-electron chi connectivity index (χ1n) is 5.30. The van der Waals surface area contributed by atoms with E-state index >= 15 is 0 Å². The maximum atomic E-state index is 11.2. The molecule has 0 atom stereocenters. The number of rotatable bonds is 1. The van der Waals surface area contributed by atoms with Crippen molar-refractivity contribution in [2.45, 2.75) is 20.8 Å². The number of hydrogen-bond acceptors (Lipinski definition) is 3. The standard InChI is InChI=1S/C13H13NOS2/c1-7-4-9(3)10(5-8(7)2)6-11-12(16)14-13(15)17-11/h4-6H,1-3H3,(H,14,15,16). The number of carbonyl (C=O) groups is 1. The van der Waals surface area contributed by atoms with Crippen LogP contribution in [0, 0.1) is 20.8 Å². The van der Waals surface area contributed by atoms with Gasteiger partial charge in [-0.05, 0) is 60.9 Å². The molecule has 0 bridgehead atoms. The molecule has 2 nitrogen and oxygen atoms in total. The van der Waals surface area contributed by atoms with Crippen LogP contribution in [0.2, 0.25) is 0 Å². The lowest BCUT2D eigenvalue weighted by molar-refractivity contribution is 0.265. The number of benzene rings is 1. The first-order chi connectivity index (χ1) is 7.97. The first kappa shape index (κ1) is 12.3. The molecule has 1 fully saturated rings. The Bertz CT molecular complexity index is 547. The second-order valence-electron chi connectivity index (χ2n) is 4.15. The van der Waals surface area contributed by atoms with Crippen molar-refractivity contribution in [1.82, 2.24) is 5.32 Å². The summed E-state index contributed by atoms with van der Waals surface area (Å²) in [6.07, 6.45) is 1.98. The van der Waals surface area contributed by atoms with Crippen molar-refractivity contribution in [3.8, 4) is 0 Å². The number of amides is 1. The minimum Gasteiger partial charge on any atom is -0.307 e. The Morgan fingerprint density at radius 2 is 1.82 bits per heavy atom. The predicted octanol–water partition coefficient (Wildman–Crippen LogP) is 3.74. The largest absolute Gasteiger partial charge is 0.307 e. The van der Waals surface area contributed by atoms with Gasteiger partial charge in [0.25, 0.3) is 5.24 Å². The summed E-state index contributed by atoms with van der Waals surface area (Å²) in [5, 5.41) is 2.53. The minimum absolute atomic E-state index is 0.0947. The number of thioether (sulfide) groups is 1. The average Bonchev–Trinajstić information content (AvgIpc) is 2.54. The summed E-state index contributed by atoms with van der Waals surface area (Å²) in [4.78, 5) is 12.5. The van der Waals surface area contributed by atoms with Crippen LogP contribution in [-0.4, -0.2) is 10.2 Å². The van der Waals surface area contributed by atoms with Crippen LogP contribution in [0.1, 0.15) is 22.3 Å². The lowest BCUT2D eigenvalue weighted by atomic mass is 10.0. The summed E-state index contributed by atoms with van der Waals surface area (Å²) in [5.74, 6) is 0. The van der Waals surface area contributed by atoms with Gasteiger partial charge in [-0.1, -0.05) is 24.4 Å². The molecule has 0 radical (unpaired) electrons. The van der Waals surface area contributed by atoms with Crippen molar-refractivity contribution in [2.24, 2.45) is 0 Å². The zero-order chi connectivity index (χ0) is 12.6. The molecular weight excluding hydrogens is 250 g/mol. The van der Waals surface area contributed by atoms with E-state index in [-0.39, 0.29) is 5.24 Å². The van der Waals surface area contributed by atoms with E-state index < -0.39 is 0 Å². The maximum Gasteiger partial charge on any atom is 0.289 e. The van der Waals surface area contributed by atoms with Gasteiger partial charge >= 0.3 is 0 Å². The van der Waals surface area contributed by atoms with E-state index in [0.717, 1.165) is 22.2 Å². The van der Waals surface area contributed by atoms with Gasteiger partial charge in [0.05, 0.1) is 4.91 Å². The van der Waals surface area contributed by atoms with E-state index in [1.165, 1.54) is 16.7 Å². The van der Waals surface area contributed by atoms with Crippen LogP contribution in [-0.2, 0) is 0 Å². The number of nitrogens with one attached hydrogen (secondary N) is 1. The first-order valence-corrected chi connectivity index (χ1v) is 6.52. The molecule has 0 spiro atoms. The highest BCUT2D eigenvalue weighted by molar-refractivity contribution is 8.19. The van der Waals surface area contributed by atoms with Gasteiger partial charge in [-0.2, -0.15) is 0 Å². The molecular formula is C13H13NOS2. The quantitative estimate of drug-likeness (QED) is 0.618. The van der Waals surface area contributed by atoms with Crippen molar-refractivity contribution in [3.05, 3.63) is 39.3 Å².